The van der Waals surface area contributed by atoms with Gasteiger partial charge in [-0.1, -0.05) is 38.0 Å². The summed E-state index contributed by atoms with van der Waals surface area (Å²) in [7, 11) is 1.81. The number of halogens is 1. The Balaban J connectivity index is 2.70. The Hall–Kier alpha value is -1.22. The van der Waals surface area contributed by atoms with Gasteiger partial charge in [0.05, 0.1) is 12.0 Å². The molecule has 22 heavy (non-hydrogen) atoms. The number of carbonyl (C=O) groups excluding carboxylic acids is 1. The number of ether oxygens (including phenoxy) is 1. The quantitative estimate of drug-likeness (QED) is 0.495. The van der Waals surface area contributed by atoms with Gasteiger partial charge < -0.3 is 9.64 Å². The molecule has 124 valence electrons. The normalized spacial score (nSPS) is 11.3. The predicted octanol–water partition coefficient (Wildman–Crippen LogP) is 4.48. The maximum absolute atomic E-state index is 12.4. The maximum atomic E-state index is 12.4. The summed E-state index contributed by atoms with van der Waals surface area (Å²) in [4.78, 5) is 14.1. The van der Waals surface area contributed by atoms with Gasteiger partial charge in [-0.2, -0.15) is 0 Å². The fourth-order valence-electron chi connectivity index (χ4n) is 2.21. The van der Waals surface area contributed by atoms with E-state index in [0.29, 0.717) is 12.4 Å². The first-order chi connectivity index (χ1) is 10.4. The summed E-state index contributed by atoms with van der Waals surface area (Å²) >= 11 is 5.89. The van der Waals surface area contributed by atoms with Gasteiger partial charge in [0.1, 0.15) is 5.75 Å². The zero-order chi connectivity index (χ0) is 16.6. The molecule has 0 aliphatic rings. The lowest BCUT2D eigenvalue weighted by molar-refractivity contribution is -0.138. The first-order valence-corrected chi connectivity index (χ1v) is 8.48. The van der Waals surface area contributed by atoms with Crippen LogP contribution in [0.1, 0.15) is 45.6 Å². The summed E-state index contributed by atoms with van der Waals surface area (Å²) in [5.74, 6) is 1.22. The summed E-state index contributed by atoms with van der Waals surface area (Å²) in [6.45, 7) is 7.16. The van der Waals surface area contributed by atoms with E-state index in [1.807, 2.05) is 45.2 Å². The molecule has 1 amide bonds. The third-order valence-electron chi connectivity index (χ3n) is 3.65. The van der Waals surface area contributed by atoms with Crippen LogP contribution in [0.3, 0.4) is 0 Å². The van der Waals surface area contributed by atoms with Crippen molar-refractivity contribution in [2.45, 2.75) is 46.6 Å². The molecule has 4 heteroatoms. The van der Waals surface area contributed by atoms with Gasteiger partial charge >= 0.3 is 0 Å². The zero-order valence-corrected chi connectivity index (χ0v) is 14.9. The molecule has 0 aliphatic carbocycles. The van der Waals surface area contributed by atoms with Gasteiger partial charge in [-0.05, 0) is 26.3 Å². The van der Waals surface area contributed by atoms with E-state index in [4.69, 9.17) is 16.3 Å². The molecule has 0 bridgehead atoms. The molecule has 3 nitrogen and oxygen atoms in total. The van der Waals surface area contributed by atoms with Crippen molar-refractivity contribution in [3.63, 3.8) is 0 Å². The Morgan fingerprint density at radius 2 is 1.95 bits per heavy atom. The summed E-state index contributed by atoms with van der Waals surface area (Å²) in [5.41, 5.74) is 0.480. The molecule has 0 aliphatic heterocycles. The third-order valence-corrected chi connectivity index (χ3v) is 4.31. The molecule has 1 aromatic rings. The predicted molar refractivity (Wildman–Crippen MR) is 92.4 cm³/mol. The van der Waals surface area contributed by atoms with Crippen LogP contribution in [0.4, 0.5) is 0 Å². The monoisotopic (exact) mass is 325 g/mol. The Labute approximate surface area is 139 Å². The molecule has 0 unspecified atom stereocenters. The van der Waals surface area contributed by atoms with Gasteiger partial charge in [0.15, 0.2) is 0 Å². The average Bonchev–Trinajstić information content (AvgIpc) is 2.52. The molecule has 0 saturated heterocycles. The van der Waals surface area contributed by atoms with Gasteiger partial charge in [0.25, 0.3) is 0 Å². The van der Waals surface area contributed by atoms with Gasteiger partial charge in [0, 0.05) is 25.0 Å². The molecule has 0 spiro atoms. The van der Waals surface area contributed by atoms with Crippen molar-refractivity contribution in [2.75, 3.05) is 19.5 Å². The molecule has 0 radical (unpaired) electrons. The van der Waals surface area contributed by atoms with E-state index in [-0.39, 0.29) is 5.91 Å². The molecule has 0 aromatic heterocycles. The van der Waals surface area contributed by atoms with Gasteiger partial charge in [-0.15, -0.1) is 11.6 Å². The minimum Gasteiger partial charge on any atom is -0.493 e. The number of alkyl halides is 1. The first-order valence-electron chi connectivity index (χ1n) is 7.94. The second-order valence-electron chi connectivity index (χ2n) is 6.34. The molecule has 1 rings (SSSR count). The number of amides is 1. The van der Waals surface area contributed by atoms with Gasteiger partial charge in [0.2, 0.25) is 5.91 Å². The number of para-hydroxylation sites is 1. The van der Waals surface area contributed by atoms with Crippen molar-refractivity contribution in [1.82, 2.24) is 4.90 Å². The largest absolute Gasteiger partial charge is 0.493 e. The van der Waals surface area contributed by atoms with Crippen LogP contribution in [-0.2, 0) is 11.3 Å². The van der Waals surface area contributed by atoms with Crippen molar-refractivity contribution in [1.29, 1.82) is 0 Å². The van der Waals surface area contributed by atoms with Crippen LogP contribution in [0, 0.1) is 5.41 Å². The molecule has 1 aromatic carbocycles. The molecular formula is C18H28ClNO2. The Kier molecular flexibility index (Phi) is 7.74. The van der Waals surface area contributed by atoms with Crippen molar-refractivity contribution in [2.24, 2.45) is 5.41 Å². The second-order valence-corrected chi connectivity index (χ2v) is 6.61. The number of hydrogen-bond donors (Lipinski definition) is 0. The lowest BCUT2D eigenvalue weighted by atomic mass is 9.94. The van der Waals surface area contributed by atoms with E-state index >= 15 is 0 Å². The van der Waals surface area contributed by atoms with E-state index in [1.165, 1.54) is 12.8 Å². The second kappa shape index (κ2) is 9.04. The first kappa shape index (κ1) is 18.8. The number of nitrogens with zero attached hydrogens (tertiary/aromatic N) is 1. The lowest BCUT2D eigenvalue weighted by Gasteiger charge is -2.28. The van der Waals surface area contributed by atoms with Crippen molar-refractivity contribution < 1.29 is 9.53 Å². The van der Waals surface area contributed by atoms with Gasteiger partial charge in [-0.25, -0.2) is 0 Å². The van der Waals surface area contributed by atoms with E-state index in [2.05, 4.69) is 6.92 Å². The molecule has 0 N–H and O–H groups in total. The van der Waals surface area contributed by atoms with E-state index in [0.717, 1.165) is 24.3 Å². The molecule has 0 fully saturated rings. The van der Waals surface area contributed by atoms with Crippen LogP contribution in [0.5, 0.6) is 5.75 Å². The van der Waals surface area contributed by atoms with Crippen molar-refractivity contribution >= 4 is 17.5 Å². The highest BCUT2D eigenvalue weighted by molar-refractivity contribution is 6.19. The number of unbranched alkanes of at least 4 members (excludes halogenated alkanes) is 2. The fourth-order valence-corrected chi connectivity index (χ4v) is 2.32. The number of carbonyl (C=O) groups is 1. The summed E-state index contributed by atoms with van der Waals surface area (Å²) in [6, 6.07) is 7.90. The standard InChI is InChI=1S/C18H28ClNO2/c1-5-6-9-12-22-16-11-8-7-10-15(16)13-20(4)17(21)18(2,3)14-19/h7-8,10-11H,5-6,9,12-14H2,1-4H3. The molecule has 0 saturated carbocycles. The van der Waals surface area contributed by atoms with Crippen LogP contribution in [0.15, 0.2) is 24.3 Å². The number of hydrogen-bond acceptors (Lipinski definition) is 2. The van der Waals surface area contributed by atoms with Gasteiger partial charge in [-0.3, -0.25) is 4.79 Å². The van der Waals surface area contributed by atoms with Crippen molar-refractivity contribution in [3.8, 4) is 5.75 Å². The SMILES string of the molecule is CCCCCOc1ccccc1CN(C)C(=O)C(C)(C)CCl. The smallest absolute Gasteiger partial charge is 0.229 e. The Morgan fingerprint density at radius 3 is 2.59 bits per heavy atom. The van der Waals surface area contributed by atoms with E-state index in [1.54, 1.807) is 4.90 Å². The summed E-state index contributed by atoms with van der Waals surface area (Å²) in [5, 5.41) is 0. The van der Waals surface area contributed by atoms with Crippen molar-refractivity contribution in [3.05, 3.63) is 29.8 Å². The van der Waals surface area contributed by atoms with Crippen LogP contribution >= 0.6 is 11.6 Å². The lowest BCUT2D eigenvalue weighted by Crippen LogP contribution is -2.39. The topological polar surface area (TPSA) is 29.5 Å². The van der Waals surface area contributed by atoms with Crippen LogP contribution in [0.2, 0.25) is 0 Å². The highest BCUT2D eigenvalue weighted by Gasteiger charge is 2.29. The highest BCUT2D eigenvalue weighted by Crippen LogP contribution is 2.24. The fraction of sp³-hybridized carbons (Fsp3) is 0.611. The van der Waals surface area contributed by atoms with Crippen LogP contribution < -0.4 is 4.74 Å². The Bertz CT molecular complexity index is 474. The number of benzene rings is 1. The minimum absolute atomic E-state index is 0.0447. The Morgan fingerprint density at radius 1 is 1.27 bits per heavy atom. The average molecular weight is 326 g/mol. The van der Waals surface area contributed by atoms with E-state index in [9.17, 15) is 4.79 Å². The zero-order valence-electron chi connectivity index (χ0n) is 14.2. The molecule has 0 atom stereocenters. The minimum atomic E-state index is -0.548. The summed E-state index contributed by atoms with van der Waals surface area (Å²) < 4.78 is 5.87. The third kappa shape index (κ3) is 5.53. The molecule has 0 heterocycles. The van der Waals surface area contributed by atoms with Crippen LogP contribution in [-0.4, -0.2) is 30.3 Å². The van der Waals surface area contributed by atoms with Crippen LogP contribution in [0.25, 0.3) is 0 Å². The maximum Gasteiger partial charge on any atom is 0.229 e. The molecular weight excluding hydrogens is 298 g/mol. The highest BCUT2D eigenvalue weighted by atomic mass is 35.5. The summed E-state index contributed by atoms with van der Waals surface area (Å²) in [6.07, 6.45) is 3.40. The number of rotatable bonds is 9. The van der Waals surface area contributed by atoms with E-state index < -0.39 is 5.41 Å².